The first-order valence-electron chi connectivity index (χ1n) is 8.61. The third kappa shape index (κ3) is 3.96. The molecule has 1 aliphatic heterocycles. The maximum absolute atomic E-state index is 6.13. The molecule has 0 aromatic carbocycles. The number of hydrogen-bond donors (Lipinski definition) is 1. The molecule has 118 valence electrons. The largest absolute Gasteiger partial charge is 0.329 e. The van der Waals surface area contributed by atoms with Crippen LogP contribution in [0.15, 0.2) is 0 Å². The molecule has 0 radical (unpaired) electrons. The summed E-state index contributed by atoms with van der Waals surface area (Å²) in [4.78, 5) is 5.29. The van der Waals surface area contributed by atoms with E-state index in [9.17, 15) is 0 Å². The van der Waals surface area contributed by atoms with E-state index < -0.39 is 0 Å². The summed E-state index contributed by atoms with van der Waals surface area (Å²) >= 11 is 0. The Morgan fingerprint density at radius 2 is 1.55 bits per heavy atom. The molecule has 1 unspecified atom stereocenters. The Labute approximate surface area is 125 Å². The van der Waals surface area contributed by atoms with Crippen LogP contribution >= 0.6 is 0 Å². The number of hydrogen-bond acceptors (Lipinski definition) is 3. The van der Waals surface area contributed by atoms with E-state index in [1.165, 1.54) is 51.9 Å². The molecule has 0 amide bonds. The van der Waals surface area contributed by atoms with E-state index in [-0.39, 0.29) is 0 Å². The molecule has 2 fully saturated rings. The van der Waals surface area contributed by atoms with E-state index in [0.29, 0.717) is 11.6 Å². The maximum atomic E-state index is 6.13. The highest BCUT2D eigenvalue weighted by molar-refractivity contribution is 4.89. The van der Waals surface area contributed by atoms with Crippen LogP contribution in [0.4, 0.5) is 0 Å². The van der Waals surface area contributed by atoms with Gasteiger partial charge in [0.05, 0.1) is 0 Å². The smallest absolute Gasteiger partial charge is 0.0247 e. The molecule has 3 nitrogen and oxygen atoms in total. The van der Waals surface area contributed by atoms with Crippen LogP contribution in [0.1, 0.15) is 53.4 Å². The molecular weight excluding hydrogens is 246 g/mol. The van der Waals surface area contributed by atoms with Crippen LogP contribution in [0.5, 0.6) is 0 Å². The second-order valence-corrected chi connectivity index (χ2v) is 8.02. The van der Waals surface area contributed by atoms with Gasteiger partial charge in [-0.25, -0.2) is 0 Å². The average Bonchev–Trinajstić information content (AvgIpc) is 2.41. The van der Waals surface area contributed by atoms with Crippen molar-refractivity contribution in [1.29, 1.82) is 0 Å². The van der Waals surface area contributed by atoms with Crippen molar-refractivity contribution in [2.45, 2.75) is 65.0 Å². The summed E-state index contributed by atoms with van der Waals surface area (Å²) in [6, 6.07) is 0.629. The van der Waals surface area contributed by atoms with Gasteiger partial charge in [0.2, 0.25) is 0 Å². The Morgan fingerprint density at radius 3 is 2.00 bits per heavy atom. The van der Waals surface area contributed by atoms with E-state index in [4.69, 9.17) is 5.73 Å². The van der Waals surface area contributed by atoms with Gasteiger partial charge >= 0.3 is 0 Å². The quantitative estimate of drug-likeness (QED) is 0.863. The first kappa shape index (κ1) is 16.3. The fourth-order valence-corrected chi connectivity index (χ4v) is 4.03. The van der Waals surface area contributed by atoms with Crippen molar-refractivity contribution in [2.75, 3.05) is 32.7 Å². The lowest BCUT2D eigenvalue weighted by molar-refractivity contribution is 0.0218. The summed E-state index contributed by atoms with van der Waals surface area (Å²) in [7, 11) is 0. The normalized spacial score (nSPS) is 32.2. The van der Waals surface area contributed by atoms with E-state index in [1.54, 1.807) is 0 Å². The molecule has 0 aromatic rings. The molecule has 1 saturated carbocycles. The van der Waals surface area contributed by atoms with Crippen molar-refractivity contribution >= 4 is 0 Å². The predicted molar refractivity (Wildman–Crippen MR) is 86.9 cm³/mol. The Bertz CT molecular complexity index is 281. The minimum absolute atomic E-state index is 0.310. The highest BCUT2D eigenvalue weighted by Crippen LogP contribution is 2.32. The molecule has 2 N–H and O–H groups in total. The van der Waals surface area contributed by atoms with Gasteiger partial charge in [-0.1, -0.05) is 19.8 Å². The first-order chi connectivity index (χ1) is 9.41. The highest BCUT2D eigenvalue weighted by Gasteiger charge is 2.33. The predicted octanol–water partition coefficient (Wildman–Crippen LogP) is 2.56. The zero-order valence-corrected chi connectivity index (χ0v) is 14.1. The fourth-order valence-electron chi connectivity index (χ4n) is 4.03. The molecule has 3 heteroatoms. The van der Waals surface area contributed by atoms with E-state index in [2.05, 4.69) is 37.5 Å². The lowest BCUT2D eigenvalue weighted by Crippen LogP contribution is -2.58. The molecular formula is C17H35N3. The summed E-state index contributed by atoms with van der Waals surface area (Å²) in [6.07, 6.45) is 5.59. The van der Waals surface area contributed by atoms with Gasteiger partial charge in [-0.2, -0.15) is 0 Å². The van der Waals surface area contributed by atoms with Crippen LogP contribution in [-0.4, -0.2) is 54.1 Å². The van der Waals surface area contributed by atoms with Crippen LogP contribution in [0.2, 0.25) is 0 Å². The molecule has 20 heavy (non-hydrogen) atoms. The first-order valence-corrected chi connectivity index (χ1v) is 8.61. The molecule has 1 aliphatic carbocycles. The number of rotatable bonds is 3. The third-order valence-corrected chi connectivity index (χ3v) is 5.58. The van der Waals surface area contributed by atoms with Crippen molar-refractivity contribution in [3.8, 4) is 0 Å². The molecule has 2 rings (SSSR count). The third-order valence-electron chi connectivity index (χ3n) is 5.58. The van der Waals surface area contributed by atoms with Gasteiger partial charge in [0.1, 0.15) is 0 Å². The Morgan fingerprint density at radius 1 is 1.00 bits per heavy atom. The second kappa shape index (κ2) is 6.76. The summed E-state index contributed by atoms with van der Waals surface area (Å²) in [5.74, 6) is 1.78. The minimum Gasteiger partial charge on any atom is -0.329 e. The minimum atomic E-state index is 0.310. The van der Waals surface area contributed by atoms with Crippen LogP contribution in [-0.2, 0) is 0 Å². The summed E-state index contributed by atoms with van der Waals surface area (Å²) in [6.45, 7) is 15.0. The molecule has 0 aromatic heterocycles. The monoisotopic (exact) mass is 281 g/mol. The van der Waals surface area contributed by atoms with Crippen molar-refractivity contribution in [3.63, 3.8) is 0 Å². The standard InChI is InChI=1S/C17H35N3/c1-14-5-7-15(8-6-14)16(13-18)19-9-11-20(12-10-19)17(2,3)4/h14-16H,5-13,18H2,1-4H3. The number of nitrogens with two attached hydrogens (primary N) is 1. The Kier molecular flexibility index (Phi) is 5.49. The van der Waals surface area contributed by atoms with Gasteiger partial charge in [0.25, 0.3) is 0 Å². The molecule has 0 bridgehead atoms. The maximum Gasteiger partial charge on any atom is 0.0247 e. The summed E-state index contributed by atoms with van der Waals surface area (Å²) in [5, 5.41) is 0. The van der Waals surface area contributed by atoms with Crippen molar-refractivity contribution in [3.05, 3.63) is 0 Å². The zero-order valence-electron chi connectivity index (χ0n) is 14.1. The van der Waals surface area contributed by atoms with Crippen molar-refractivity contribution in [2.24, 2.45) is 17.6 Å². The van der Waals surface area contributed by atoms with E-state index in [1.807, 2.05) is 0 Å². The molecule has 0 spiro atoms. The lowest BCUT2D eigenvalue weighted by Gasteiger charge is -2.47. The SMILES string of the molecule is CC1CCC(C(CN)N2CCN(C(C)(C)C)CC2)CC1. The van der Waals surface area contributed by atoms with Crippen LogP contribution < -0.4 is 5.73 Å². The van der Waals surface area contributed by atoms with E-state index in [0.717, 1.165) is 18.4 Å². The van der Waals surface area contributed by atoms with Gasteiger partial charge in [-0.05, 0) is 45.4 Å². The van der Waals surface area contributed by atoms with Gasteiger partial charge in [-0.3, -0.25) is 9.80 Å². The van der Waals surface area contributed by atoms with Crippen LogP contribution in [0.25, 0.3) is 0 Å². The van der Waals surface area contributed by atoms with Gasteiger partial charge in [-0.15, -0.1) is 0 Å². The molecule has 1 saturated heterocycles. The fraction of sp³-hybridized carbons (Fsp3) is 1.00. The zero-order chi connectivity index (χ0) is 14.8. The van der Waals surface area contributed by atoms with Crippen LogP contribution in [0.3, 0.4) is 0 Å². The summed E-state index contributed by atoms with van der Waals surface area (Å²) < 4.78 is 0. The molecule has 2 aliphatic rings. The highest BCUT2D eigenvalue weighted by atomic mass is 15.3. The van der Waals surface area contributed by atoms with Gasteiger partial charge < -0.3 is 5.73 Å². The van der Waals surface area contributed by atoms with Gasteiger partial charge in [0, 0.05) is 44.3 Å². The summed E-state index contributed by atoms with van der Waals surface area (Å²) in [5.41, 5.74) is 6.44. The van der Waals surface area contributed by atoms with Crippen LogP contribution in [0, 0.1) is 11.8 Å². The van der Waals surface area contributed by atoms with Gasteiger partial charge in [0.15, 0.2) is 0 Å². The molecule has 1 heterocycles. The Balaban J connectivity index is 1.87. The Hall–Kier alpha value is -0.120. The number of piperazine rings is 1. The number of nitrogens with zero attached hydrogens (tertiary/aromatic N) is 2. The average molecular weight is 281 g/mol. The van der Waals surface area contributed by atoms with E-state index >= 15 is 0 Å². The lowest BCUT2D eigenvalue weighted by atomic mass is 9.78. The van der Waals surface area contributed by atoms with Crippen molar-refractivity contribution in [1.82, 2.24) is 9.80 Å². The molecule has 1 atom stereocenters. The van der Waals surface area contributed by atoms with Crippen molar-refractivity contribution < 1.29 is 0 Å². The topological polar surface area (TPSA) is 32.5 Å². The second-order valence-electron chi connectivity index (χ2n) is 8.02.